The first kappa shape index (κ1) is 47.0. The summed E-state index contributed by atoms with van der Waals surface area (Å²) < 4.78 is 48.7. The Morgan fingerprint density at radius 2 is 1.63 bits per heavy atom. The molecule has 5 amide bonds. The number of anilines is 4. The number of amides is 5. The van der Waals surface area contributed by atoms with Crippen LogP contribution in [0.3, 0.4) is 0 Å². The number of carbonyl (C=O) groups is 5. The third kappa shape index (κ3) is 8.91. The Hall–Kier alpha value is -6.52. The molecule has 67 heavy (non-hydrogen) atoms. The summed E-state index contributed by atoms with van der Waals surface area (Å²) >= 11 is 5.72. The van der Waals surface area contributed by atoms with Crippen molar-refractivity contribution >= 4 is 81.2 Å². The normalized spacial score (nSPS) is 18.8. The van der Waals surface area contributed by atoms with E-state index in [1.54, 1.807) is 55.1 Å². The van der Waals surface area contributed by atoms with Gasteiger partial charge >= 0.3 is 12.2 Å². The Morgan fingerprint density at radius 1 is 0.970 bits per heavy atom. The van der Waals surface area contributed by atoms with Gasteiger partial charge in [-0.3, -0.25) is 34.3 Å². The summed E-state index contributed by atoms with van der Waals surface area (Å²) in [5.41, 5.74) is 0.0888. The van der Waals surface area contributed by atoms with E-state index in [9.17, 15) is 42.4 Å². The fourth-order valence-corrected chi connectivity index (χ4v) is 10.5. The molecule has 4 saturated heterocycles. The van der Waals surface area contributed by atoms with Gasteiger partial charge in [0.1, 0.15) is 5.54 Å². The molecule has 5 heterocycles. The van der Waals surface area contributed by atoms with Crippen molar-refractivity contribution < 1.29 is 41.9 Å². The highest BCUT2D eigenvalue weighted by molar-refractivity contribution is 7.81. The minimum Gasteiger partial charge on any atom is -0.426 e. The zero-order valence-electron chi connectivity index (χ0n) is 37.9. The van der Waals surface area contributed by atoms with Gasteiger partial charge in [0.2, 0.25) is 5.91 Å². The highest BCUT2D eigenvalue weighted by Gasteiger charge is 2.51. The van der Waals surface area contributed by atoms with Gasteiger partial charge in [0.15, 0.2) is 10.9 Å². The third-order valence-electron chi connectivity index (χ3n) is 13.5. The number of piperidine rings is 2. The van der Waals surface area contributed by atoms with Crippen molar-refractivity contribution in [2.75, 3.05) is 65.9 Å². The van der Waals surface area contributed by atoms with Crippen LogP contribution in [0, 0.1) is 17.2 Å². The zero-order chi connectivity index (χ0) is 48.1. The Balaban J connectivity index is 0.873. The molecule has 0 spiro atoms. The Morgan fingerprint density at radius 3 is 2.24 bits per heavy atom. The zero-order valence-corrected chi connectivity index (χ0v) is 38.7. The van der Waals surface area contributed by atoms with Gasteiger partial charge in [0.05, 0.1) is 39.5 Å². The van der Waals surface area contributed by atoms with E-state index in [-0.39, 0.29) is 53.3 Å². The van der Waals surface area contributed by atoms with E-state index < -0.39 is 34.8 Å². The summed E-state index contributed by atoms with van der Waals surface area (Å²) in [4.78, 5) is 75.2. The van der Waals surface area contributed by atoms with Gasteiger partial charge in [-0.2, -0.15) is 18.4 Å². The van der Waals surface area contributed by atoms with E-state index in [4.69, 9.17) is 17.0 Å². The molecule has 4 aliphatic heterocycles. The van der Waals surface area contributed by atoms with Crippen molar-refractivity contribution in [1.29, 1.82) is 5.26 Å². The summed E-state index contributed by atoms with van der Waals surface area (Å²) in [7, 11) is 1.79. The van der Waals surface area contributed by atoms with Crippen LogP contribution in [0.2, 0.25) is 0 Å². The number of benzene rings is 3. The second kappa shape index (κ2) is 18.3. The van der Waals surface area contributed by atoms with Gasteiger partial charge in [-0.1, -0.05) is 0 Å². The minimum absolute atomic E-state index is 0.0413. The van der Waals surface area contributed by atoms with Crippen molar-refractivity contribution in [1.82, 2.24) is 19.7 Å². The smallest absolute Gasteiger partial charge is 0.417 e. The monoisotopic (exact) mass is 939 g/mol. The number of ether oxygens (including phenoxy) is 1. The number of thiocarbonyl (C=S) groups is 1. The van der Waals surface area contributed by atoms with E-state index in [2.05, 4.69) is 15.1 Å². The molecule has 0 saturated carbocycles. The van der Waals surface area contributed by atoms with E-state index in [0.717, 1.165) is 74.6 Å². The van der Waals surface area contributed by atoms with Crippen LogP contribution in [0.4, 0.5) is 40.7 Å². The first-order valence-corrected chi connectivity index (χ1v) is 22.8. The molecule has 0 bridgehead atoms. The SMILES string of the molecule is CC(C)n1cc(OC=O)c2c(N3CCC(=O)NC3=O)cc(C(=O)N(C)CC3CCN(C4CCN(c5ccc(N6C(=S)N(c7ccc(C#N)c(C(F)(F)F)c7)C(=O)C6(C)C)cc5)CC4)CC3)cc21. The summed E-state index contributed by atoms with van der Waals surface area (Å²) in [6.45, 7) is 11.8. The molecular formula is C48H52F3N9O6S. The third-order valence-corrected chi connectivity index (χ3v) is 13.9. The number of alkyl halides is 3. The summed E-state index contributed by atoms with van der Waals surface area (Å²) in [6.07, 6.45) is 0.765. The molecule has 8 rings (SSSR count). The molecule has 1 N–H and O–H groups in total. The van der Waals surface area contributed by atoms with Crippen LogP contribution in [0.25, 0.3) is 10.9 Å². The molecule has 0 radical (unpaired) electrons. The van der Waals surface area contributed by atoms with Crippen LogP contribution in [-0.2, 0) is 20.6 Å². The predicted octanol–water partition coefficient (Wildman–Crippen LogP) is 7.46. The number of nitriles is 1. The second-order valence-corrected chi connectivity index (χ2v) is 18.8. The topological polar surface area (TPSA) is 155 Å². The Labute approximate surface area is 391 Å². The van der Waals surface area contributed by atoms with Crippen LogP contribution in [0.5, 0.6) is 5.75 Å². The summed E-state index contributed by atoms with van der Waals surface area (Å²) in [6, 6.07) is 15.6. The fraction of sp³-hybridized carbons (Fsp3) is 0.438. The first-order valence-electron chi connectivity index (χ1n) is 22.4. The molecule has 0 unspecified atom stereocenters. The largest absolute Gasteiger partial charge is 0.426 e. The lowest BCUT2D eigenvalue weighted by atomic mass is 9.92. The van der Waals surface area contributed by atoms with Crippen molar-refractivity contribution in [2.45, 2.75) is 83.6 Å². The molecule has 3 aromatic carbocycles. The molecule has 19 heteroatoms. The number of hydrogen-bond donors (Lipinski definition) is 1. The summed E-state index contributed by atoms with van der Waals surface area (Å²) in [5, 5.41) is 12.2. The van der Waals surface area contributed by atoms with Crippen LogP contribution in [0.15, 0.2) is 60.8 Å². The summed E-state index contributed by atoms with van der Waals surface area (Å²) in [5.74, 6) is -0.544. The van der Waals surface area contributed by atoms with E-state index >= 15 is 0 Å². The predicted molar refractivity (Wildman–Crippen MR) is 250 cm³/mol. The Bertz CT molecular complexity index is 2680. The van der Waals surface area contributed by atoms with E-state index in [0.29, 0.717) is 46.9 Å². The first-order chi connectivity index (χ1) is 31.8. The molecule has 1 aromatic heterocycles. The molecule has 0 atom stereocenters. The van der Waals surface area contributed by atoms with Gasteiger partial charge in [-0.05, 0) is 139 Å². The molecule has 352 valence electrons. The number of imide groups is 1. The number of urea groups is 1. The number of rotatable bonds is 11. The van der Waals surface area contributed by atoms with E-state index in [1.165, 1.54) is 11.0 Å². The van der Waals surface area contributed by atoms with Crippen molar-refractivity contribution in [3.05, 3.63) is 77.5 Å². The maximum absolute atomic E-state index is 14.1. The number of halogens is 3. The molecule has 4 aromatic rings. The Kier molecular flexibility index (Phi) is 12.8. The lowest BCUT2D eigenvalue weighted by molar-refractivity contribution is -0.137. The quantitative estimate of drug-likeness (QED) is 0.118. The lowest BCUT2D eigenvalue weighted by Crippen LogP contribution is -2.49. The highest BCUT2D eigenvalue weighted by atomic mass is 32.1. The number of aromatic nitrogens is 1. The number of nitrogens with zero attached hydrogens (tertiary/aromatic N) is 8. The van der Waals surface area contributed by atoms with Crippen LogP contribution in [0.1, 0.15) is 87.3 Å². The van der Waals surface area contributed by atoms with Crippen LogP contribution in [-0.4, -0.2) is 108 Å². The minimum atomic E-state index is -4.79. The second-order valence-electron chi connectivity index (χ2n) is 18.4. The van der Waals surface area contributed by atoms with E-state index in [1.807, 2.05) is 42.7 Å². The van der Waals surface area contributed by atoms with Crippen molar-refractivity contribution in [3.8, 4) is 11.8 Å². The maximum Gasteiger partial charge on any atom is 0.417 e. The van der Waals surface area contributed by atoms with Crippen molar-refractivity contribution in [3.63, 3.8) is 0 Å². The van der Waals surface area contributed by atoms with Gasteiger partial charge in [-0.15, -0.1) is 0 Å². The number of nitrogens with one attached hydrogen (secondary N) is 1. The molecule has 4 aliphatic rings. The van der Waals surface area contributed by atoms with Gasteiger partial charge in [0, 0.05) is 74.9 Å². The van der Waals surface area contributed by atoms with Gasteiger partial charge in [0.25, 0.3) is 18.3 Å². The number of likely N-dealkylation sites (tertiary alicyclic amines) is 1. The highest BCUT2D eigenvalue weighted by Crippen LogP contribution is 2.42. The fourth-order valence-electron chi connectivity index (χ4n) is 9.98. The van der Waals surface area contributed by atoms with Gasteiger partial charge in [-0.25, -0.2) is 4.79 Å². The van der Waals surface area contributed by atoms with Crippen LogP contribution >= 0.6 is 12.2 Å². The van der Waals surface area contributed by atoms with Gasteiger partial charge < -0.3 is 28.9 Å². The average Bonchev–Trinajstić information content (AvgIpc) is 3.75. The average molecular weight is 940 g/mol. The molecule has 4 fully saturated rings. The number of carbonyl (C=O) groups excluding carboxylic acids is 5. The van der Waals surface area contributed by atoms with Crippen LogP contribution < -0.4 is 29.7 Å². The molecule has 15 nitrogen and oxygen atoms in total. The standard InChI is InChI=1S/C48H52F3N9O6S/c1-29(2)58-27-40(66-28-61)42-38(57-21-16-41(62)53-45(57)65)22-32(23-39(42)58)43(63)54(5)26-30-12-17-55(18-13-30)34-14-19-56(20-15-34)33-8-10-35(11-9-33)60-46(67)59(44(64)47(60,3)4)36-7-6-31(25-52)37(24-36)48(49,50)51/h6-11,22-24,27-30,34H,12-21,26H2,1-5H3,(H,53,62,65). The number of hydrogen-bond acceptors (Lipinski definition) is 10. The molecular weight excluding hydrogens is 888 g/mol. The van der Waals surface area contributed by atoms with Crippen molar-refractivity contribution in [2.24, 2.45) is 5.92 Å². The molecule has 0 aliphatic carbocycles. The maximum atomic E-state index is 14.1. The lowest BCUT2D eigenvalue weighted by Gasteiger charge is -2.43. The number of fused-ring (bicyclic) bond motifs is 1.